The first-order chi connectivity index (χ1) is 8.27. The maximum Gasteiger partial charge on any atom is 0.0739 e. The van der Waals surface area contributed by atoms with E-state index in [1.165, 1.54) is 0 Å². The van der Waals surface area contributed by atoms with Crippen LogP contribution in [0.25, 0.3) is 0 Å². The van der Waals surface area contributed by atoms with Gasteiger partial charge in [-0.05, 0) is 12.1 Å². The highest BCUT2D eigenvalue weighted by molar-refractivity contribution is 6.33. The molecule has 0 atom stereocenters. The molecule has 1 heterocycles. The third-order valence-corrected chi connectivity index (χ3v) is 3.23. The topological polar surface area (TPSA) is 50.5 Å². The molecule has 0 aliphatic carbocycles. The zero-order chi connectivity index (χ0) is 12.1. The van der Waals surface area contributed by atoms with Gasteiger partial charge in [0.05, 0.1) is 29.6 Å². The van der Waals surface area contributed by atoms with Gasteiger partial charge in [-0.2, -0.15) is 0 Å². The molecule has 0 spiro atoms. The summed E-state index contributed by atoms with van der Waals surface area (Å²) in [5.74, 6) is 0. The van der Waals surface area contributed by atoms with Gasteiger partial charge in [-0.15, -0.1) is 0 Å². The van der Waals surface area contributed by atoms with E-state index >= 15 is 0 Å². The number of nitrogens with one attached hydrogen (secondary N) is 1. The van der Waals surface area contributed by atoms with Crippen molar-refractivity contribution in [1.29, 1.82) is 0 Å². The molecule has 3 N–H and O–H groups in total. The van der Waals surface area contributed by atoms with Crippen molar-refractivity contribution in [1.82, 2.24) is 4.90 Å². The summed E-state index contributed by atoms with van der Waals surface area (Å²) in [5, 5.41) is 3.91. The molecule has 0 unspecified atom stereocenters. The van der Waals surface area contributed by atoms with E-state index in [0.29, 0.717) is 10.7 Å². The van der Waals surface area contributed by atoms with Crippen molar-refractivity contribution >= 4 is 23.0 Å². The predicted octanol–water partition coefficient (Wildman–Crippen LogP) is 1.67. The number of anilines is 2. The second-order valence-corrected chi connectivity index (χ2v) is 4.49. The van der Waals surface area contributed by atoms with Crippen LogP contribution in [0.15, 0.2) is 18.2 Å². The van der Waals surface area contributed by atoms with Gasteiger partial charge in [0.15, 0.2) is 0 Å². The Labute approximate surface area is 107 Å². The van der Waals surface area contributed by atoms with Gasteiger partial charge in [0.2, 0.25) is 0 Å². The number of hydrogen-bond donors (Lipinski definition) is 2. The van der Waals surface area contributed by atoms with E-state index in [9.17, 15) is 0 Å². The fraction of sp³-hybridized carbons (Fsp3) is 0.500. The number of halogens is 1. The summed E-state index contributed by atoms with van der Waals surface area (Å²) in [6.45, 7) is 5.54. The second-order valence-electron chi connectivity index (χ2n) is 4.08. The van der Waals surface area contributed by atoms with Crippen molar-refractivity contribution < 1.29 is 4.74 Å². The number of para-hydroxylation sites is 1. The normalized spacial score (nSPS) is 17.0. The van der Waals surface area contributed by atoms with Crippen molar-refractivity contribution in [3.63, 3.8) is 0 Å². The highest BCUT2D eigenvalue weighted by Gasteiger charge is 2.09. The first-order valence-electron chi connectivity index (χ1n) is 5.85. The number of ether oxygens (including phenoxy) is 1. The van der Waals surface area contributed by atoms with Gasteiger partial charge in [-0.25, -0.2) is 0 Å². The number of rotatable bonds is 4. The van der Waals surface area contributed by atoms with Gasteiger partial charge >= 0.3 is 0 Å². The minimum Gasteiger partial charge on any atom is -0.396 e. The van der Waals surface area contributed by atoms with Crippen LogP contribution >= 0.6 is 11.6 Å². The van der Waals surface area contributed by atoms with E-state index in [1.807, 2.05) is 12.1 Å². The van der Waals surface area contributed by atoms with Gasteiger partial charge in [0.1, 0.15) is 0 Å². The van der Waals surface area contributed by atoms with Crippen LogP contribution in [0.3, 0.4) is 0 Å². The van der Waals surface area contributed by atoms with Gasteiger partial charge in [0, 0.05) is 26.2 Å². The Bertz CT molecular complexity index is 367. The third-order valence-electron chi connectivity index (χ3n) is 2.90. The molecule has 1 saturated heterocycles. The van der Waals surface area contributed by atoms with Crippen LogP contribution < -0.4 is 11.1 Å². The fourth-order valence-electron chi connectivity index (χ4n) is 1.86. The first-order valence-corrected chi connectivity index (χ1v) is 6.23. The first kappa shape index (κ1) is 12.5. The zero-order valence-electron chi connectivity index (χ0n) is 9.79. The minimum absolute atomic E-state index is 0.598. The Morgan fingerprint density at radius 1 is 1.35 bits per heavy atom. The molecule has 2 rings (SSSR count). The van der Waals surface area contributed by atoms with Crippen LogP contribution in [-0.2, 0) is 4.74 Å². The molecular weight excluding hydrogens is 238 g/mol. The highest BCUT2D eigenvalue weighted by atomic mass is 35.5. The van der Waals surface area contributed by atoms with Gasteiger partial charge < -0.3 is 15.8 Å². The summed E-state index contributed by atoms with van der Waals surface area (Å²) in [6.07, 6.45) is 0. The second kappa shape index (κ2) is 6.10. The lowest BCUT2D eigenvalue weighted by molar-refractivity contribution is 0.0398. The largest absolute Gasteiger partial charge is 0.396 e. The number of hydrogen-bond acceptors (Lipinski definition) is 4. The van der Waals surface area contributed by atoms with Gasteiger partial charge in [-0.3, -0.25) is 4.90 Å². The lowest BCUT2D eigenvalue weighted by Crippen LogP contribution is -2.39. The molecule has 0 saturated carbocycles. The van der Waals surface area contributed by atoms with Crippen LogP contribution in [0, 0.1) is 0 Å². The average molecular weight is 256 g/mol. The summed E-state index contributed by atoms with van der Waals surface area (Å²) in [6, 6.07) is 5.64. The number of nitrogen functional groups attached to an aromatic ring is 1. The standard InChI is InChI=1S/C12H18ClN3O/c13-10-2-1-3-11(12(10)14)15-4-5-16-6-8-17-9-7-16/h1-3,15H,4-9,14H2. The summed E-state index contributed by atoms with van der Waals surface area (Å²) >= 11 is 5.95. The maximum absolute atomic E-state index is 5.95. The number of nitrogens with zero attached hydrogens (tertiary/aromatic N) is 1. The smallest absolute Gasteiger partial charge is 0.0739 e. The van der Waals surface area contributed by atoms with Crippen molar-refractivity contribution in [2.75, 3.05) is 50.4 Å². The molecule has 0 aromatic heterocycles. The molecule has 1 aromatic carbocycles. The zero-order valence-corrected chi connectivity index (χ0v) is 10.5. The van der Waals surface area contributed by atoms with E-state index in [-0.39, 0.29) is 0 Å². The Morgan fingerprint density at radius 2 is 2.12 bits per heavy atom. The maximum atomic E-state index is 5.95. The Hall–Kier alpha value is -0.970. The van der Waals surface area contributed by atoms with E-state index in [1.54, 1.807) is 6.07 Å². The minimum atomic E-state index is 0.598. The molecule has 1 aromatic rings. The van der Waals surface area contributed by atoms with Crippen LogP contribution in [0.5, 0.6) is 0 Å². The van der Waals surface area contributed by atoms with Gasteiger partial charge in [-0.1, -0.05) is 17.7 Å². The number of nitrogens with two attached hydrogens (primary N) is 1. The van der Waals surface area contributed by atoms with Crippen molar-refractivity contribution in [3.8, 4) is 0 Å². The third kappa shape index (κ3) is 3.49. The number of morpholine rings is 1. The van der Waals surface area contributed by atoms with Crippen LogP contribution in [-0.4, -0.2) is 44.3 Å². The molecule has 0 amide bonds. The van der Waals surface area contributed by atoms with Crippen molar-refractivity contribution in [2.45, 2.75) is 0 Å². The molecule has 0 bridgehead atoms. The van der Waals surface area contributed by atoms with E-state index in [4.69, 9.17) is 22.1 Å². The Morgan fingerprint density at radius 3 is 2.88 bits per heavy atom. The molecular formula is C12H18ClN3O. The molecule has 94 valence electrons. The van der Waals surface area contributed by atoms with Crippen LogP contribution in [0.2, 0.25) is 5.02 Å². The molecule has 4 nitrogen and oxygen atoms in total. The molecule has 0 radical (unpaired) electrons. The SMILES string of the molecule is Nc1c(Cl)cccc1NCCN1CCOCC1. The summed E-state index contributed by atoms with van der Waals surface area (Å²) < 4.78 is 5.30. The quantitative estimate of drug-likeness (QED) is 0.804. The van der Waals surface area contributed by atoms with E-state index in [0.717, 1.165) is 45.1 Å². The van der Waals surface area contributed by atoms with E-state index in [2.05, 4.69) is 10.2 Å². The molecule has 1 aliphatic heterocycles. The predicted molar refractivity (Wildman–Crippen MR) is 71.6 cm³/mol. The van der Waals surface area contributed by atoms with Crippen LogP contribution in [0.1, 0.15) is 0 Å². The Balaban J connectivity index is 1.79. The summed E-state index contributed by atoms with van der Waals surface area (Å²) in [7, 11) is 0. The van der Waals surface area contributed by atoms with E-state index < -0.39 is 0 Å². The molecule has 5 heteroatoms. The highest BCUT2D eigenvalue weighted by Crippen LogP contribution is 2.26. The molecule has 1 aliphatic rings. The number of benzene rings is 1. The van der Waals surface area contributed by atoms with Crippen LogP contribution in [0.4, 0.5) is 11.4 Å². The van der Waals surface area contributed by atoms with Gasteiger partial charge in [0.25, 0.3) is 0 Å². The lowest BCUT2D eigenvalue weighted by atomic mass is 10.2. The monoisotopic (exact) mass is 255 g/mol. The summed E-state index contributed by atoms with van der Waals surface area (Å²) in [4.78, 5) is 2.37. The fourth-order valence-corrected chi connectivity index (χ4v) is 2.04. The molecule has 1 fully saturated rings. The molecule has 17 heavy (non-hydrogen) atoms. The van der Waals surface area contributed by atoms with Crippen molar-refractivity contribution in [3.05, 3.63) is 23.2 Å². The average Bonchev–Trinajstić information content (AvgIpc) is 2.36. The Kier molecular flexibility index (Phi) is 4.48. The lowest BCUT2D eigenvalue weighted by Gasteiger charge is -2.26. The summed E-state index contributed by atoms with van der Waals surface area (Å²) in [5.41, 5.74) is 7.40. The van der Waals surface area contributed by atoms with Crippen molar-refractivity contribution in [2.24, 2.45) is 0 Å².